The highest BCUT2D eigenvalue weighted by atomic mass is 32.1. The molecule has 17 heavy (non-hydrogen) atoms. The summed E-state index contributed by atoms with van der Waals surface area (Å²) in [5.74, 6) is -0.467. The molecule has 2 heterocycles. The molecule has 1 aromatic rings. The smallest absolute Gasteiger partial charge is 0.252 e. The van der Waals surface area contributed by atoms with Crippen molar-refractivity contribution in [2.45, 2.75) is 25.5 Å². The maximum Gasteiger partial charge on any atom is 0.252 e. The van der Waals surface area contributed by atoms with Gasteiger partial charge in [-0.1, -0.05) is 0 Å². The minimum atomic E-state index is -0.501. The number of rotatable bonds is 2. The molecule has 1 unspecified atom stereocenters. The zero-order chi connectivity index (χ0) is 12.6. The molecule has 0 bridgehead atoms. The highest BCUT2D eigenvalue weighted by Crippen LogP contribution is 2.24. The van der Waals surface area contributed by atoms with E-state index in [1.165, 1.54) is 7.05 Å². The first-order chi connectivity index (χ1) is 8.06. The van der Waals surface area contributed by atoms with Gasteiger partial charge in [-0.3, -0.25) is 14.5 Å². The van der Waals surface area contributed by atoms with E-state index in [0.717, 1.165) is 4.90 Å². The summed E-state index contributed by atoms with van der Waals surface area (Å²) in [4.78, 5) is 27.3. The molecule has 0 saturated carbocycles. The second-order valence-electron chi connectivity index (χ2n) is 3.96. The predicted octanol–water partition coefficient (Wildman–Crippen LogP) is 0.358. The van der Waals surface area contributed by atoms with Gasteiger partial charge in [0.15, 0.2) is 4.77 Å². The molecule has 2 amide bonds. The van der Waals surface area contributed by atoms with Crippen LogP contribution in [-0.2, 0) is 16.2 Å². The van der Waals surface area contributed by atoms with Crippen molar-refractivity contribution in [3.05, 3.63) is 16.7 Å². The Morgan fingerprint density at radius 1 is 1.59 bits per heavy atom. The van der Waals surface area contributed by atoms with Gasteiger partial charge in [-0.25, -0.2) is 0 Å². The van der Waals surface area contributed by atoms with E-state index in [1.807, 2.05) is 0 Å². The number of hydrogen-bond acceptors (Lipinski definition) is 4. The molecule has 0 aromatic carbocycles. The molecule has 1 atom stereocenters. The fraction of sp³-hybridized carbons (Fsp3) is 0.500. The van der Waals surface area contributed by atoms with Crippen molar-refractivity contribution in [2.75, 3.05) is 7.05 Å². The van der Waals surface area contributed by atoms with Crippen LogP contribution in [0.2, 0.25) is 0 Å². The van der Waals surface area contributed by atoms with Gasteiger partial charge in [0.2, 0.25) is 5.91 Å². The molecule has 1 aliphatic heterocycles. The van der Waals surface area contributed by atoms with Crippen molar-refractivity contribution in [2.24, 2.45) is 0 Å². The Balaban J connectivity index is 2.40. The molecule has 92 valence electrons. The van der Waals surface area contributed by atoms with E-state index < -0.39 is 6.04 Å². The first kappa shape index (κ1) is 12.0. The Kier molecular flexibility index (Phi) is 3.12. The third-order valence-corrected chi connectivity index (χ3v) is 3.30. The topological polar surface area (TPSA) is 78.3 Å². The van der Waals surface area contributed by atoms with E-state index in [4.69, 9.17) is 12.2 Å². The largest absolute Gasteiger partial charge is 0.390 e. The van der Waals surface area contributed by atoms with Crippen molar-refractivity contribution in [1.82, 2.24) is 14.5 Å². The average molecular weight is 255 g/mol. The predicted molar refractivity (Wildman–Crippen MR) is 61.6 cm³/mol. The number of aromatic amines is 1. The Hall–Kier alpha value is -1.47. The van der Waals surface area contributed by atoms with Crippen LogP contribution in [-0.4, -0.2) is 38.4 Å². The van der Waals surface area contributed by atoms with Crippen LogP contribution in [0.25, 0.3) is 0 Å². The number of piperidine rings is 1. The summed E-state index contributed by atoms with van der Waals surface area (Å²) < 4.78 is 1.97. The third kappa shape index (κ3) is 1.91. The maximum absolute atomic E-state index is 12.0. The number of aliphatic hydroxyl groups excluding tert-OH is 1. The lowest BCUT2D eigenvalue weighted by atomic mass is 10.0. The summed E-state index contributed by atoms with van der Waals surface area (Å²) >= 11 is 5.08. The molecule has 1 fully saturated rings. The third-order valence-electron chi connectivity index (χ3n) is 2.99. The fourth-order valence-corrected chi connectivity index (χ4v) is 2.32. The molecule has 1 aromatic heterocycles. The molecule has 1 aliphatic rings. The van der Waals surface area contributed by atoms with Crippen LogP contribution < -0.4 is 0 Å². The number of likely N-dealkylation sites (N-methyl/N-ethyl adjacent to an activating group) is 1. The number of carbonyl (C=O) groups is 2. The number of aromatic nitrogens is 2. The summed E-state index contributed by atoms with van der Waals surface area (Å²) in [5, 5.41) is 9.19. The normalized spacial score (nSPS) is 21.1. The van der Waals surface area contributed by atoms with Crippen LogP contribution in [0.5, 0.6) is 0 Å². The van der Waals surface area contributed by atoms with Gasteiger partial charge >= 0.3 is 0 Å². The van der Waals surface area contributed by atoms with Crippen LogP contribution in [0.1, 0.15) is 24.6 Å². The molecular weight excluding hydrogens is 242 g/mol. The monoisotopic (exact) mass is 255 g/mol. The molecule has 2 rings (SSSR count). The standard InChI is InChI=1S/C10H13N3O3S/c1-12-8(15)3-2-7(9(12)16)13-6(5-14)4-11-10(13)17/h4,7,14H,2-3,5H2,1H3,(H,11,17). The number of H-pyrrole nitrogens is 1. The molecule has 7 heteroatoms. The second kappa shape index (κ2) is 4.42. The number of amides is 2. The molecule has 1 saturated heterocycles. The molecular formula is C10H13N3O3S. The van der Waals surface area contributed by atoms with Gasteiger partial charge in [0.25, 0.3) is 5.91 Å². The Morgan fingerprint density at radius 3 is 2.94 bits per heavy atom. The highest BCUT2D eigenvalue weighted by Gasteiger charge is 2.34. The summed E-state index contributed by atoms with van der Waals surface area (Å²) in [7, 11) is 1.46. The molecule has 2 N–H and O–H groups in total. The number of hydrogen-bond donors (Lipinski definition) is 2. The number of imide groups is 1. The Bertz CT molecular complexity index is 519. The number of aliphatic hydroxyl groups is 1. The molecule has 0 spiro atoms. The first-order valence-electron chi connectivity index (χ1n) is 5.26. The zero-order valence-corrected chi connectivity index (χ0v) is 10.2. The summed E-state index contributed by atoms with van der Waals surface area (Å²) in [5.41, 5.74) is 0.552. The van der Waals surface area contributed by atoms with Gasteiger partial charge in [-0.2, -0.15) is 0 Å². The van der Waals surface area contributed by atoms with E-state index in [0.29, 0.717) is 23.3 Å². The van der Waals surface area contributed by atoms with E-state index in [9.17, 15) is 14.7 Å². The van der Waals surface area contributed by atoms with Crippen molar-refractivity contribution in [3.8, 4) is 0 Å². The SMILES string of the molecule is CN1C(=O)CCC(n2c(CO)c[nH]c2=S)C1=O. The Morgan fingerprint density at radius 2 is 2.29 bits per heavy atom. The lowest BCUT2D eigenvalue weighted by Gasteiger charge is -2.29. The number of carbonyl (C=O) groups excluding carboxylic acids is 2. The van der Waals surface area contributed by atoms with E-state index in [2.05, 4.69) is 4.98 Å². The number of imidazole rings is 1. The number of nitrogens with one attached hydrogen (secondary N) is 1. The highest BCUT2D eigenvalue weighted by molar-refractivity contribution is 7.71. The van der Waals surface area contributed by atoms with Crippen LogP contribution in [0.3, 0.4) is 0 Å². The van der Waals surface area contributed by atoms with Gasteiger partial charge in [0, 0.05) is 19.7 Å². The van der Waals surface area contributed by atoms with Crippen LogP contribution >= 0.6 is 12.2 Å². The van der Waals surface area contributed by atoms with Crippen molar-refractivity contribution in [3.63, 3.8) is 0 Å². The van der Waals surface area contributed by atoms with Gasteiger partial charge in [0.05, 0.1) is 12.3 Å². The number of likely N-dealkylation sites (tertiary alicyclic amines) is 1. The van der Waals surface area contributed by atoms with Crippen LogP contribution in [0.15, 0.2) is 6.20 Å². The Labute approximate surface area is 103 Å². The quantitative estimate of drug-likeness (QED) is 0.590. The van der Waals surface area contributed by atoms with E-state index in [-0.39, 0.29) is 18.4 Å². The van der Waals surface area contributed by atoms with E-state index in [1.54, 1.807) is 10.8 Å². The van der Waals surface area contributed by atoms with Crippen LogP contribution in [0.4, 0.5) is 0 Å². The van der Waals surface area contributed by atoms with Gasteiger partial charge in [0.1, 0.15) is 6.04 Å². The van der Waals surface area contributed by atoms with Gasteiger partial charge in [-0.05, 0) is 18.6 Å². The zero-order valence-electron chi connectivity index (χ0n) is 9.34. The lowest BCUT2D eigenvalue weighted by molar-refractivity contribution is -0.149. The minimum Gasteiger partial charge on any atom is -0.390 e. The minimum absolute atomic E-state index is 0.182. The fourth-order valence-electron chi connectivity index (χ4n) is 2.02. The average Bonchev–Trinajstić information content (AvgIpc) is 2.68. The molecule has 6 nitrogen and oxygen atoms in total. The summed E-state index contributed by atoms with van der Waals surface area (Å²) in [6.45, 7) is -0.200. The second-order valence-corrected chi connectivity index (χ2v) is 4.35. The lowest BCUT2D eigenvalue weighted by Crippen LogP contribution is -2.43. The summed E-state index contributed by atoms with van der Waals surface area (Å²) in [6.07, 6.45) is 2.30. The molecule has 0 aliphatic carbocycles. The van der Waals surface area contributed by atoms with Gasteiger partial charge in [-0.15, -0.1) is 0 Å². The van der Waals surface area contributed by atoms with E-state index >= 15 is 0 Å². The van der Waals surface area contributed by atoms with Crippen molar-refractivity contribution in [1.29, 1.82) is 0 Å². The first-order valence-corrected chi connectivity index (χ1v) is 5.67. The van der Waals surface area contributed by atoms with Crippen LogP contribution in [0, 0.1) is 4.77 Å². The summed E-state index contributed by atoms with van der Waals surface area (Å²) in [6, 6.07) is -0.501. The van der Waals surface area contributed by atoms with Crippen molar-refractivity contribution < 1.29 is 14.7 Å². The maximum atomic E-state index is 12.0. The number of nitrogens with zero attached hydrogens (tertiary/aromatic N) is 2. The van der Waals surface area contributed by atoms with Gasteiger partial charge < -0.3 is 14.7 Å². The van der Waals surface area contributed by atoms with Crippen molar-refractivity contribution >= 4 is 24.0 Å². The molecule has 0 radical (unpaired) electrons.